The minimum Gasteiger partial charge on any atom is -0.492 e. The molecule has 2 N–H and O–H groups in total. The van der Waals surface area contributed by atoms with Crippen molar-refractivity contribution in [1.82, 2.24) is 4.90 Å². The number of carbonyl (C=O) groups is 1. The fraction of sp³-hybridized carbons (Fsp3) is 0.562. The van der Waals surface area contributed by atoms with Crippen LogP contribution in [0.5, 0.6) is 5.75 Å². The van der Waals surface area contributed by atoms with E-state index in [1.54, 1.807) is 4.90 Å². The van der Waals surface area contributed by atoms with Gasteiger partial charge >= 0.3 is 0 Å². The maximum Gasteiger partial charge on any atom is 0.242 e. The van der Waals surface area contributed by atoms with E-state index in [-0.39, 0.29) is 18.3 Å². The van der Waals surface area contributed by atoms with Crippen LogP contribution in [-0.2, 0) is 9.53 Å². The highest BCUT2D eigenvalue weighted by molar-refractivity contribution is 9.10. The summed E-state index contributed by atoms with van der Waals surface area (Å²) < 4.78 is 12.0. The molecule has 2 rings (SSSR count). The second-order valence-corrected chi connectivity index (χ2v) is 6.37. The van der Waals surface area contributed by atoms with Crippen LogP contribution in [-0.4, -0.2) is 49.3 Å². The zero-order chi connectivity index (χ0) is 16.0. The van der Waals surface area contributed by atoms with E-state index in [1.807, 2.05) is 31.2 Å². The molecule has 0 bridgehead atoms. The van der Waals surface area contributed by atoms with Crippen molar-refractivity contribution in [2.45, 2.75) is 25.3 Å². The van der Waals surface area contributed by atoms with Crippen molar-refractivity contribution in [3.05, 3.63) is 28.7 Å². The van der Waals surface area contributed by atoms with E-state index in [0.717, 1.165) is 10.2 Å². The molecule has 7 heteroatoms. The minimum absolute atomic E-state index is 0. The molecule has 1 aliphatic heterocycles. The lowest BCUT2D eigenvalue weighted by molar-refractivity contribution is -0.140. The van der Waals surface area contributed by atoms with E-state index in [9.17, 15) is 4.79 Å². The highest BCUT2D eigenvalue weighted by atomic mass is 79.9. The summed E-state index contributed by atoms with van der Waals surface area (Å²) in [5.74, 6) is 0.790. The number of benzene rings is 1. The molecule has 23 heavy (non-hydrogen) atoms. The van der Waals surface area contributed by atoms with Crippen molar-refractivity contribution in [3.8, 4) is 5.75 Å². The van der Waals surface area contributed by atoms with Gasteiger partial charge in [0.2, 0.25) is 5.91 Å². The number of rotatable bonds is 6. The first kappa shape index (κ1) is 20.2. The Balaban J connectivity index is 0.00000264. The van der Waals surface area contributed by atoms with Gasteiger partial charge in [-0.3, -0.25) is 4.79 Å². The number of carbonyl (C=O) groups excluding carboxylic acids is 1. The van der Waals surface area contributed by atoms with Gasteiger partial charge in [-0.2, -0.15) is 0 Å². The summed E-state index contributed by atoms with van der Waals surface area (Å²) >= 11 is 3.38. The first-order valence-electron chi connectivity index (χ1n) is 7.59. The lowest BCUT2D eigenvalue weighted by atomic mass is 9.89. The summed E-state index contributed by atoms with van der Waals surface area (Å²) in [5.41, 5.74) is 5.48. The van der Waals surface area contributed by atoms with E-state index in [1.165, 1.54) is 0 Å². The fourth-order valence-electron chi connectivity index (χ4n) is 2.47. The summed E-state index contributed by atoms with van der Waals surface area (Å²) in [5, 5.41) is 0. The average molecular weight is 408 g/mol. The quantitative estimate of drug-likeness (QED) is 0.787. The van der Waals surface area contributed by atoms with Crippen molar-refractivity contribution in [3.63, 3.8) is 0 Å². The van der Waals surface area contributed by atoms with Crippen LogP contribution in [0.2, 0.25) is 0 Å². The summed E-state index contributed by atoms with van der Waals surface area (Å²) in [6.45, 7) is 4.67. The van der Waals surface area contributed by atoms with Gasteiger partial charge in [0.15, 0.2) is 0 Å². The maximum atomic E-state index is 12.6. The molecule has 1 heterocycles. The van der Waals surface area contributed by atoms with Gasteiger partial charge in [-0.05, 0) is 44.0 Å². The van der Waals surface area contributed by atoms with Crippen LogP contribution in [0.25, 0.3) is 0 Å². The van der Waals surface area contributed by atoms with Gasteiger partial charge in [0.1, 0.15) is 12.4 Å². The number of hydrogen-bond donors (Lipinski definition) is 1. The van der Waals surface area contributed by atoms with Gasteiger partial charge in [-0.25, -0.2) is 0 Å². The second-order valence-electron chi connectivity index (χ2n) is 5.46. The molecular weight excluding hydrogens is 384 g/mol. The predicted molar refractivity (Wildman–Crippen MR) is 96.1 cm³/mol. The number of nitrogens with zero attached hydrogens (tertiary/aromatic N) is 1. The molecule has 1 fully saturated rings. The zero-order valence-electron chi connectivity index (χ0n) is 13.3. The van der Waals surface area contributed by atoms with Gasteiger partial charge in [-0.1, -0.05) is 15.9 Å². The number of hydrogen-bond acceptors (Lipinski definition) is 4. The molecule has 1 aliphatic rings. The smallest absolute Gasteiger partial charge is 0.242 e. The number of amides is 1. The Labute approximate surface area is 152 Å². The Morgan fingerprint density at radius 2 is 1.96 bits per heavy atom. The van der Waals surface area contributed by atoms with Crippen LogP contribution >= 0.6 is 28.3 Å². The Hall–Kier alpha value is -0.820. The molecular formula is C16H24BrClN2O3. The maximum absolute atomic E-state index is 12.6. The van der Waals surface area contributed by atoms with Gasteiger partial charge in [0, 0.05) is 24.2 Å². The molecule has 0 atom stereocenters. The minimum atomic E-state index is -0.786. The van der Waals surface area contributed by atoms with Crippen LogP contribution < -0.4 is 10.5 Å². The average Bonchev–Trinajstić information content (AvgIpc) is 2.53. The van der Waals surface area contributed by atoms with E-state index in [2.05, 4.69) is 15.9 Å². The molecule has 0 saturated carbocycles. The number of ether oxygens (including phenoxy) is 2. The van der Waals surface area contributed by atoms with Crippen LogP contribution in [0.15, 0.2) is 28.7 Å². The topological polar surface area (TPSA) is 64.8 Å². The van der Waals surface area contributed by atoms with Gasteiger partial charge < -0.3 is 20.1 Å². The van der Waals surface area contributed by atoms with Crippen LogP contribution in [0.4, 0.5) is 0 Å². The molecule has 1 amide bonds. The highest BCUT2D eigenvalue weighted by Crippen LogP contribution is 2.21. The molecule has 0 spiro atoms. The van der Waals surface area contributed by atoms with Crippen LogP contribution in [0.1, 0.15) is 19.8 Å². The molecule has 1 aromatic rings. The standard InChI is InChI=1S/C16H23BrN2O3.ClH/c1-2-19(15(20)16(18)7-10-21-11-8-16)9-12-22-14-5-3-13(17)4-6-14;/h3-6H,2,7-12,18H2,1H3;1H. The molecule has 5 nitrogen and oxygen atoms in total. The Bertz CT molecular complexity index is 493. The van der Waals surface area contributed by atoms with Crippen molar-refractivity contribution < 1.29 is 14.3 Å². The normalized spacial score (nSPS) is 16.3. The highest BCUT2D eigenvalue weighted by Gasteiger charge is 2.38. The van der Waals surface area contributed by atoms with Gasteiger partial charge in [-0.15, -0.1) is 12.4 Å². The Morgan fingerprint density at radius 1 is 1.35 bits per heavy atom. The number of halogens is 2. The Kier molecular flexibility index (Phi) is 8.33. The molecule has 130 valence electrons. The summed E-state index contributed by atoms with van der Waals surface area (Å²) in [6, 6.07) is 7.64. The van der Waals surface area contributed by atoms with Crippen LogP contribution in [0, 0.1) is 0 Å². The van der Waals surface area contributed by atoms with E-state index < -0.39 is 5.54 Å². The lowest BCUT2D eigenvalue weighted by Gasteiger charge is -2.36. The van der Waals surface area contributed by atoms with Crippen molar-refractivity contribution in [2.75, 3.05) is 32.9 Å². The third-order valence-electron chi connectivity index (χ3n) is 3.92. The molecule has 0 aromatic heterocycles. The molecule has 0 unspecified atom stereocenters. The van der Waals surface area contributed by atoms with Crippen LogP contribution in [0.3, 0.4) is 0 Å². The number of nitrogens with two attached hydrogens (primary N) is 1. The second kappa shape index (κ2) is 9.47. The molecule has 0 aliphatic carbocycles. The summed E-state index contributed by atoms with van der Waals surface area (Å²) in [6.07, 6.45) is 1.16. The molecule has 0 radical (unpaired) electrons. The van der Waals surface area contributed by atoms with Gasteiger partial charge in [0.05, 0.1) is 12.1 Å². The van der Waals surface area contributed by atoms with Crippen molar-refractivity contribution in [1.29, 1.82) is 0 Å². The lowest BCUT2D eigenvalue weighted by Crippen LogP contribution is -2.58. The Morgan fingerprint density at radius 3 is 2.52 bits per heavy atom. The van der Waals surface area contributed by atoms with E-state index in [0.29, 0.717) is 45.8 Å². The molecule has 1 aromatic carbocycles. The first-order chi connectivity index (χ1) is 10.5. The summed E-state index contributed by atoms with van der Waals surface area (Å²) in [7, 11) is 0. The van der Waals surface area contributed by atoms with E-state index >= 15 is 0 Å². The zero-order valence-corrected chi connectivity index (χ0v) is 15.7. The molecule has 1 saturated heterocycles. The first-order valence-corrected chi connectivity index (χ1v) is 8.39. The monoisotopic (exact) mass is 406 g/mol. The third kappa shape index (κ3) is 5.64. The third-order valence-corrected chi connectivity index (χ3v) is 4.45. The fourth-order valence-corrected chi connectivity index (χ4v) is 2.74. The van der Waals surface area contributed by atoms with Gasteiger partial charge in [0.25, 0.3) is 0 Å². The largest absolute Gasteiger partial charge is 0.492 e. The number of likely N-dealkylation sites (N-methyl/N-ethyl adjacent to an activating group) is 1. The predicted octanol–water partition coefficient (Wildman–Crippen LogP) is 2.61. The summed E-state index contributed by atoms with van der Waals surface area (Å²) in [4.78, 5) is 14.4. The van der Waals surface area contributed by atoms with E-state index in [4.69, 9.17) is 15.2 Å². The van der Waals surface area contributed by atoms with Crippen molar-refractivity contribution in [2.24, 2.45) is 5.73 Å². The SMILES string of the molecule is CCN(CCOc1ccc(Br)cc1)C(=O)C1(N)CCOCC1.Cl. The van der Waals surface area contributed by atoms with Crippen molar-refractivity contribution >= 4 is 34.2 Å².